The smallest absolute Gasteiger partial charge is 0.352 e. The average Bonchev–Trinajstić information content (AvgIpc) is 3.22. The second-order valence-electron chi connectivity index (χ2n) is 7.08. The summed E-state index contributed by atoms with van der Waals surface area (Å²) in [6.45, 7) is 0. The molecular formula is C23H25NO4. The largest absolute Gasteiger partial charge is 0.477 e. The highest BCUT2D eigenvalue weighted by atomic mass is 16.5. The van der Waals surface area contributed by atoms with Crippen LogP contribution in [-0.4, -0.2) is 17.0 Å². The van der Waals surface area contributed by atoms with E-state index in [2.05, 4.69) is 5.32 Å². The summed E-state index contributed by atoms with van der Waals surface area (Å²) in [5.74, 6) is 0.580. The summed E-state index contributed by atoms with van der Waals surface area (Å²) >= 11 is 0. The van der Waals surface area contributed by atoms with Crippen LogP contribution in [0.3, 0.4) is 0 Å². The highest BCUT2D eigenvalue weighted by molar-refractivity contribution is 5.96. The first-order chi connectivity index (χ1) is 13.6. The summed E-state index contributed by atoms with van der Waals surface area (Å²) in [5, 5.41) is 11.9. The van der Waals surface area contributed by atoms with Gasteiger partial charge in [0.1, 0.15) is 17.2 Å². The van der Waals surface area contributed by atoms with Gasteiger partial charge in [0, 0.05) is 6.42 Å². The van der Waals surface area contributed by atoms with Crippen molar-refractivity contribution in [2.24, 2.45) is 5.92 Å². The molecular weight excluding hydrogens is 354 g/mol. The number of hydrogen-bond donors (Lipinski definition) is 2. The molecule has 0 radical (unpaired) electrons. The minimum atomic E-state index is -1.15. The lowest BCUT2D eigenvalue weighted by Gasteiger charge is -2.10. The van der Waals surface area contributed by atoms with Crippen LogP contribution in [0.1, 0.15) is 44.1 Å². The van der Waals surface area contributed by atoms with Crippen molar-refractivity contribution in [1.82, 2.24) is 5.32 Å². The molecule has 1 aliphatic rings. The zero-order chi connectivity index (χ0) is 19.8. The molecule has 1 amide bonds. The van der Waals surface area contributed by atoms with Crippen LogP contribution in [0.2, 0.25) is 0 Å². The zero-order valence-electron chi connectivity index (χ0n) is 15.8. The van der Waals surface area contributed by atoms with Crippen LogP contribution >= 0.6 is 0 Å². The van der Waals surface area contributed by atoms with E-state index in [4.69, 9.17) is 4.74 Å². The molecule has 28 heavy (non-hydrogen) atoms. The quantitative estimate of drug-likeness (QED) is 0.634. The fourth-order valence-electron chi connectivity index (χ4n) is 3.42. The van der Waals surface area contributed by atoms with Crippen molar-refractivity contribution >= 4 is 18.0 Å². The Kier molecular flexibility index (Phi) is 6.84. The second kappa shape index (κ2) is 9.74. The fraction of sp³-hybridized carbons (Fsp3) is 0.304. The first kappa shape index (κ1) is 19.7. The van der Waals surface area contributed by atoms with E-state index in [1.807, 2.05) is 30.3 Å². The fourth-order valence-corrected chi connectivity index (χ4v) is 3.42. The summed E-state index contributed by atoms with van der Waals surface area (Å²) in [5.41, 5.74) is 0.557. The number of carbonyl (C=O) groups excluding carboxylic acids is 1. The van der Waals surface area contributed by atoms with Crippen molar-refractivity contribution in [3.8, 4) is 11.5 Å². The zero-order valence-corrected chi connectivity index (χ0v) is 15.8. The number of carboxylic acids is 1. The summed E-state index contributed by atoms with van der Waals surface area (Å²) in [6.07, 6.45) is 7.46. The number of para-hydroxylation sites is 1. The van der Waals surface area contributed by atoms with E-state index in [1.165, 1.54) is 31.8 Å². The molecule has 1 fully saturated rings. The molecule has 0 saturated heterocycles. The van der Waals surface area contributed by atoms with Crippen molar-refractivity contribution < 1.29 is 19.4 Å². The van der Waals surface area contributed by atoms with Gasteiger partial charge in [-0.1, -0.05) is 56.0 Å². The molecule has 5 heteroatoms. The Morgan fingerprint density at radius 1 is 1.00 bits per heavy atom. The van der Waals surface area contributed by atoms with Gasteiger partial charge in [-0.2, -0.15) is 0 Å². The number of rotatable bonds is 8. The molecule has 2 N–H and O–H groups in total. The summed E-state index contributed by atoms with van der Waals surface area (Å²) in [6, 6.07) is 16.4. The second-order valence-corrected chi connectivity index (χ2v) is 7.08. The van der Waals surface area contributed by atoms with Crippen LogP contribution in [0.25, 0.3) is 6.08 Å². The van der Waals surface area contributed by atoms with Gasteiger partial charge in [0.15, 0.2) is 0 Å². The van der Waals surface area contributed by atoms with Crippen molar-refractivity contribution in [1.29, 1.82) is 0 Å². The molecule has 1 aliphatic carbocycles. The highest BCUT2D eigenvalue weighted by Crippen LogP contribution is 2.28. The SMILES string of the molecule is O=C(CCC1CCCC1)N/C(=C\c1ccc(Oc2ccccc2)cc1)C(=O)O. The van der Waals surface area contributed by atoms with Crippen LogP contribution in [-0.2, 0) is 9.59 Å². The number of amides is 1. The van der Waals surface area contributed by atoms with Crippen LogP contribution < -0.4 is 10.1 Å². The highest BCUT2D eigenvalue weighted by Gasteiger charge is 2.17. The number of aliphatic carboxylic acids is 1. The van der Waals surface area contributed by atoms with Gasteiger partial charge in [0.2, 0.25) is 5.91 Å². The van der Waals surface area contributed by atoms with E-state index in [1.54, 1.807) is 24.3 Å². The van der Waals surface area contributed by atoms with Gasteiger partial charge in [0.25, 0.3) is 0 Å². The van der Waals surface area contributed by atoms with Gasteiger partial charge in [-0.25, -0.2) is 4.79 Å². The molecule has 0 unspecified atom stereocenters. The molecule has 0 heterocycles. The molecule has 5 nitrogen and oxygen atoms in total. The van der Waals surface area contributed by atoms with Gasteiger partial charge in [-0.05, 0) is 48.2 Å². The number of benzene rings is 2. The molecule has 0 aromatic heterocycles. The molecule has 1 saturated carbocycles. The van der Waals surface area contributed by atoms with E-state index in [0.717, 1.165) is 12.2 Å². The lowest BCUT2D eigenvalue weighted by molar-refractivity contribution is -0.134. The van der Waals surface area contributed by atoms with Crippen LogP contribution in [0, 0.1) is 5.92 Å². The Balaban J connectivity index is 1.59. The van der Waals surface area contributed by atoms with Crippen molar-refractivity contribution in [2.45, 2.75) is 38.5 Å². The number of carbonyl (C=O) groups is 2. The monoisotopic (exact) mass is 379 g/mol. The third kappa shape index (κ3) is 5.98. The lowest BCUT2D eigenvalue weighted by Crippen LogP contribution is -2.27. The number of nitrogens with one attached hydrogen (secondary N) is 1. The topological polar surface area (TPSA) is 75.6 Å². The first-order valence-electron chi connectivity index (χ1n) is 9.68. The Morgan fingerprint density at radius 3 is 2.29 bits per heavy atom. The molecule has 2 aromatic carbocycles. The van der Waals surface area contributed by atoms with E-state index >= 15 is 0 Å². The molecule has 146 valence electrons. The van der Waals surface area contributed by atoms with Crippen LogP contribution in [0.15, 0.2) is 60.3 Å². The van der Waals surface area contributed by atoms with Gasteiger partial charge >= 0.3 is 5.97 Å². The van der Waals surface area contributed by atoms with Gasteiger partial charge in [0.05, 0.1) is 0 Å². The average molecular weight is 379 g/mol. The lowest BCUT2D eigenvalue weighted by atomic mass is 10.0. The van der Waals surface area contributed by atoms with Crippen molar-refractivity contribution in [3.05, 3.63) is 65.9 Å². The molecule has 0 aliphatic heterocycles. The maximum atomic E-state index is 12.1. The van der Waals surface area contributed by atoms with E-state index in [-0.39, 0.29) is 11.6 Å². The summed E-state index contributed by atoms with van der Waals surface area (Å²) in [4.78, 5) is 23.6. The van der Waals surface area contributed by atoms with Gasteiger partial charge in [-0.15, -0.1) is 0 Å². The first-order valence-corrected chi connectivity index (χ1v) is 9.68. The Hall–Kier alpha value is -3.08. The molecule has 3 rings (SSSR count). The number of hydrogen-bond acceptors (Lipinski definition) is 3. The van der Waals surface area contributed by atoms with Gasteiger partial charge < -0.3 is 15.2 Å². The van der Waals surface area contributed by atoms with E-state index < -0.39 is 5.97 Å². The van der Waals surface area contributed by atoms with Crippen LogP contribution in [0.5, 0.6) is 11.5 Å². The Labute approximate surface area is 165 Å². The van der Waals surface area contributed by atoms with Gasteiger partial charge in [-0.3, -0.25) is 4.79 Å². The normalized spacial score (nSPS) is 14.6. The number of carboxylic acid groups (broad SMARTS) is 1. The standard InChI is InChI=1S/C23H25NO4/c25-22(15-12-17-6-4-5-7-17)24-21(23(26)27)16-18-10-13-20(14-11-18)28-19-8-2-1-3-9-19/h1-3,8-11,13-14,16-17H,4-7,12,15H2,(H,24,25)(H,26,27)/b21-16-. The maximum Gasteiger partial charge on any atom is 0.352 e. The summed E-state index contributed by atoms with van der Waals surface area (Å²) in [7, 11) is 0. The Morgan fingerprint density at radius 2 is 1.64 bits per heavy atom. The van der Waals surface area contributed by atoms with E-state index in [9.17, 15) is 14.7 Å². The molecule has 2 aromatic rings. The van der Waals surface area contributed by atoms with Crippen LogP contribution in [0.4, 0.5) is 0 Å². The third-order valence-corrected chi connectivity index (χ3v) is 4.93. The van der Waals surface area contributed by atoms with Crippen molar-refractivity contribution in [2.75, 3.05) is 0 Å². The molecule has 0 spiro atoms. The predicted molar refractivity (Wildman–Crippen MR) is 108 cm³/mol. The maximum absolute atomic E-state index is 12.1. The minimum Gasteiger partial charge on any atom is -0.477 e. The predicted octanol–water partition coefficient (Wildman–Crippen LogP) is 4.99. The summed E-state index contributed by atoms with van der Waals surface area (Å²) < 4.78 is 5.72. The third-order valence-electron chi connectivity index (χ3n) is 4.93. The number of ether oxygens (including phenoxy) is 1. The Bertz CT molecular complexity index is 821. The minimum absolute atomic E-state index is 0.117. The van der Waals surface area contributed by atoms with Crippen molar-refractivity contribution in [3.63, 3.8) is 0 Å². The van der Waals surface area contributed by atoms with E-state index in [0.29, 0.717) is 23.7 Å². The molecule has 0 bridgehead atoms. The molecule has 0 atom stereocenters.